The third kappa shape index (κ3) is 2.63. The minimum Gasteiger partial charge on any atom is -0.333 e. The molecule has 6 rings (SSSR count). The Labute approximate surface area is 177 Å². The molecule has 0 fully saturated rings. The molecule has 1 aliphatic carbocycles. The molecule has 144 valence electrons. The third-order valence-electron chi connectivity index (χ3n) is 6.42. The standard InChI is InChI=1S/C29H23N/c1-20-11-13-21(14-12-20)23-16-17-27-26(19-23)29-25-10-6-5-7-22(25)15-18-28(29)30(27)24-8-3-2-4-9-24/h2-16,18-19,27H,17H2,1H3. The van der Waals surface area contributed by atoms with Crippen molar-refractivity contribution in [3.05, 3.63) is 120 Å². The van der Waals surface area contributed by atoms with Crippen LogP contribution in [0, 0.1) is 6.92 Å². The quantitative estimate of drug-likeness (QED) is 0.344. The van der Waals surface area contributed by atoms with Gasteiger partial charge in [-0.1, -0.05) is 84.4 Å². The largest absolute Gasteiger partial charge is 0.333 e. The Morgan fingerprint density at radius 2 is 1.53 bits per heavy atom. The van der Waals surface area contributed by atoms with Crippen LogP contribution in [-0.2, 0) is 0 Å². The lowest BCUT2D eigenvalue weighted by molar-refractivity contribution is 0.831. The van der Waals surface area contributed by atoms with E-state index in [0.29, 0.717) is 6.04 Å². The molecule has 0 saturated heterocycles. The highest BCUT2D eigenvalue weighted by molar-refractivity contribution is 6.08. The molecule has 1 nitrogen and oxygen atoms in total. The van der Waals surface area contributed by atoms with E-state index in [1.165, 1.54) is 50.0 Å². The summed E-state index contributed by atoms with van der Waals surface area (Å²) in [4.78, 5) is 2.52. The number of benzene rings is 4. The van der Waals surface area contributed by atoms with Gasteiger partial charge in [0.2, 0.25) is 0 Å². The van der Waals surface area contributed by atoms with Crippen molar-refractivity contribution in [2.75, 3.05) is 4.90 Å². The summed E-state index contributed by atoms with van der Waals surface area (Å²) in [5, 5.41) is 2.65. The van der Waals surface area contributed by atoms with E-state index in [2.05, 4.69) is 115 Å². The lowest BCUT2D eigenvalue weighted by atomic mass is 9.87. The molecule has 1 aliphatic heterocycles. The molecule has 30 heavy (non-hydrogen) atoms. The first-order valence-electron chi connectivity index (χ1n) is 10.6. The van der Waals surface area contributed by atoms with E-state index in [-0.39, 0.29) is 0 Å². The van der Waals surface area contributed by atoms with Crippen LogP contribution in [0.25, 0.3) is 21.9 Å². The Kier molecular flexibility index (Phi) is 3.89. The molecule has 1 heterocycles. The van der Waals surface area contributed by atoms with E-state index in [1.807, 2.05) is 0 Å². The van der Waals surface area contributed by atoms with Crippen LogP contribution in [0.4, 0.5) is 11.4 Å². The zero-order valence-electron chi connectivity index (χ0n) is 17.0. The van der Waals surface area contributed by atoms with E-state index in [4.69, 9.17) is 0 Å². The minimum atomic E-state index is 0.336. The van der Waals surface area contributed by atoms with E-state index in [1.54, 1.807) is 0 Å². The maximum absolute atomic E-state index is 2.52. The van der Waals surface area contributed by atoms with Gasteiger partial charge in [-0.25, -0.2) is 0 Å². The van der Waals surface area contributed by atoms with Gasteiger partial charge in [-0.2, -0.15) is 0 Å². The smallest absolute Gasteiger partial charge is 0.0633 e. The van der Waals surface area contributed by atoms with Crippen LogP contribution >= 0.6 is 0 Å². The number of hydrogen-bond donors (Lipinski definition) is 0. The van der Waals surface area contributed by atoms with Crippen LogP contribution in [0.1, 0.15) is 23.1 Å². The molecular formula is C29H23N. The van der Waals surface area contributed by atoms with Gasteiger partial charge in [0.15, 0.2) is 0 Å². The van der Waals surface area contributed by atoms with Gasteiger partial charge in [-0.05, 0) is 65.1 Å². The van der Waals surface area contributed by atoms with Crippen molar-refractivity contribution < 1.29 is 0 Å². The van der Waals surface area contributed by atoms with Gasteiger partial charge in [0, 0.05) is 16.9 Å². The zero-order valence-corrected chi connectivity index (χ0v) is 17.0. The predicted molar refractivity (Wildman–Crippen MR) is 128 cm³/mol. The van der Waals surface area contributed by atoms with E-state index >= 15 is 0 Å². The van der Waals surface area contributed by atoms with Crippen LogP contribution < -0.4 is 4.90 Å². The molecule has 1 unspecified atom stereocenters. The number of nitrogens with zero attached hydrogens (tertiary/aromatic N) is 1. The molecule has 0 aromatic heterocycles. The number of anilines is 2. The summed E-state index contributed by atoms with van der Waals surface area (Å²) in [6.07, 6.45) is 5.84. The van der Waals surface area contributed by atoms with E-state index in [0.717, 1.165) is 6.42 Å². The van der Waals surface area contributed by atoms with Crippen LogP contribution in [0.2, 0.25) is 0 Å². The molecule has 0 spiro atoms. The maximum Gasteiger partial charge on any atom is 0.0633 e. The molecule has 4 aromatic rings. The summed E-state index contributed by atoms with van der Waals surface area (Å²) in [6.45, 7) is 2.14. The average Bonchev–Trinajstić information content (AvgIpc) is 3.14. The molecule has 0 N–H and O–H groups in total. The van der Waals surface area contributed by atoms with Crippen LogP contribution in [0.15, 0.2) is 103 Å². The molecule has 0 radical (unpaired) electrons. The summed E-state index contributed by atoms with van der Waals surface area (Å²) in [5.74, 6) is 0. The summed E-state index contributed by atoms with van der Waals surface area (Å²) >= 11 is 0. The van der Waals surface area contributed by atoms with Gasteiger partial charge in [0.05, 0.1) is 6.04 Å². The van der Waals surface area contributed by atoms with Gasteiger partial charge >= 0.3 is 0 Å². The molecule has 2 aliphatic rings. The highest BCUT2D eigenvalue weighted by atomic mass is 15.2. The van der Waals surface area contributed by atoms with E-state index < -0.39 is 0 Å². The Bertz CT molecular complexity index is 1310. The molecule has 0 bridgehead atoms. The molecule has 1 heteroatoms. The van der Waals surface area contributed by atoms with Gasteiger partial charge in [0.25, 0.3) is 0 Å². The number of para-hydroxylation sites is 1. The summed E-state index contributed by atoms with van der Waals surface area (Å²) < 4.78 is 0. The second kappa shape index (κ2) is 6.74. The SMILES string of the molecule is Cc1ccc(C2=CCC3C(=C2)c2c(ccc4ccccc24)N3c2ccccc2)cc1. The Morgan fingerprint density at radius 1 is 0.767 bits per heavy atom. The first kappa shape index (κ1) is 17.3. The molecule has 0 saturated carbocycles. The lowest BCUT2D eigenvalue weighted by Gasteiger charge is -2.29. The minimum absolute atomic E-state index is 0.336. The predicted octanol–water partition coefficient (Wildman–Crippen LogP) is 7.54. The highest BCUT2D eigenvalue weighted by Gasteiger charge is 2.37. The first-order valence-corrected chi connectivity index (χ1v) is 10.6. The van der Waals surface area contributed by atoms with Crippen molar-refractivity contribution in [1.82, 2.24) is 0 Å². The van der Waals surface area contributed by atoms with Crippen molar-refractivity contribution in [1.29, 1.82) is 0 Å². The van der Waals surface area contributed by atoms with Crippen molar-refractivity contribution >= 4 is 33.3 Å². The fourth-order valence-electron chi connectivity index (χ4n) is 4.96. The van der Waals surface area contributed by atoms with Crippen LogP contribution in [-0.4, -0.2) is 6.04 Å². The average molecular weight is 386 g/mol. The van der Waals surface area contributed by atoms with Gasteiger partial charge in [-0.3, -0.25) is 0 Å². The van der Waals surface area contributed by atoms with Crippen molar-refractivity contribution in [3.8, 4) is 0 Å². The number of fused-ring (bicyclic) bond motifs is 5. The molecular weight excluding hydrogens is 362 g/mol. The third-order valence-corrected chi connectivity index (χ3v) is 6.42. The Hall–Kier alpha value is -3.58. The Morgan fingerprint density at radius 3 is 2.37 bits per heavy atom. The topological polar surface area (TPSA) is 3.24 Å². The maximum atomic E-state index is 2.52. The number of hydrogen-bond acceptors (Lipinski definition) is 1. The van der Waals surface area contributed by atoms with Crippen molar-refractivity contribution in [3.63, 3.8) is 0 Å². The van der Waals surface area contributed by atoms with Crippen LogP contribution in [0.5, 0.6) is 0 Å². The van der Waals surface area contributed by atoms with Gasteiger partial charge in [-0.15, -0.1) is 0 Å². The lowest BCUT2D eigenvalue weighted by Crippen LogP contribution is -2.27. The van der Waals surface area contributed by atoms with E-state index in [9.17, 15) is 0 Å². The summed E-state index contributed by atoms with van der Waals surface area (Å²) in [7, 11) is 0. The van der Waals surface area contributed by atoms with Crippen LogP contribution in [0.3, 0.4) is 0 Å². The van der Waals surface area contributed by atoms with Gasteiger partial charge < -0.3 is 4.90 Å². The second-order valence-corrected chi connectivity index (χ2v) is 8.26. The number of rotatable bonds is 2. The Balaban J connectivity index is 1.57. The summed E-state index contributed by atoms with van der Waals surface area (Å²) in [5.41, 5.74) is 9.32. The first-order chi connectivity index (χ1) is 14.8. The molecule has 0 amide bonds. The molecule has 1 atom stereocenters. The fraction of sp³-hybridized carbons (Fsp3) is 0.103. The van der Waals surface area contributed by atoms with Crippen molar-refractivity contribution in [2.24, 2.45) is 0 Å². The second-order valence-electron chi connectivity index (χ2n) is 8.26. The van der Waals surface area contributed by atoms with Crippen molar-refractivity contribution in [2.45, 2.75) is 19.4 Å². The number of aryl methyl sites for hydroxylation is 1. The fourth-order valence-corrected chi connectivity index (χ4v) is 4.96. The normalized spacial score (nSPS) is 17.4. The monoisotopic (exact) mass is 385 g/mol. The zero-order chi connectivity index (χ0) is 20.1. The summed E-state index contributed by atoms with van der Waals surface area (Å²) in [6, 6.07) is 33.4. The highest BCUT2D eigenvalue weighted by Crippen LogP contribution is 2.51. The van der Waals surface area contributed by atoms with Gasteiger partial charge in [0.1, 0.15) is 0 Å². The number of allylic oxidation sites excluding steroid dienone is 2. The molecule has 4 aromatic carbocycles.